The number of hydrogen-bond acceptors (Lipinski definition) is 4. The maximum absolute atomic E-state index is 6.05. The van der Waals surface area contributed by atoms with E-state index in [1.165, 1.54) is 11.1 Å². The molecule has 3 rings (SSSR count). The van der Waals surface area contributed by atoms with Crippen LogP contribution in [-0.4, -0.2) is 21.3 Å². The zero-order chi connectivity index (χ0) is 14.8. The van der Waals surface area contributed by atoms with Gasteiger partial charge >= 0.3 is 0 Å². The molecule has 2 heterocycles. The zero-order valence-corrected chi connectivity index (χ0v) is 12.9. The molecule has 0 amide bonds. The van der Waals surface area contributed by atoms with Crippen LogP contribution in [0.4, 0.5) is 0 Å². The average molecular weight is 286 g/mol. The molecular formula is C16H22N4O. The Hall–Kier alpha value is -1.88. The maximum atomic E-state index is 6.05. The van der Waals surface area contributed by atoms with Crippen molar-refractivity contribution in [3.63, 3.8) is 0 Å². The minimum Gasteiger partial charge on any atom is -0.485 e. The second kappa shape index (κ2) is 5.85. The summed E-state index contributed by atoms with van der Waals surface area (Å²) in [5.74, 6) is 3.30. The highest BCUT2D eigenvalue weighted by atomic mass is 16.5. The van der Waals surface area contributed by atoms with E-state index in [4.69, 9.17) is 4.74 Å². The lowest BCUT2D eigenvalue weighted by Gasteiger charge is -2.17. The molecule has 0 fully saturated rings. The van der Waals surface area contributed by atoms with Gasteiger partial charge in [0.05, 0.1) is 6.54 Å². The Bertz CT molecular complexity index is 633. The fourth-order valence-electron chi connectivity index (χ4n) is 2.64. The van der Waals surface area contributed by atoms with Gasteiger partial charge < -0.3 is 14.6 Å². The van der Waals surface area contributed by atoms with Crippen LogP contribution in [0.2, 0.25) is 0 Å². The Morgan fingerprint density at radius 1 is 1.33 bits per heavy atom. The number of aryl methyl sites for hydroxylation is 1. The fraction of sp³-hybridized carbons (Fsp3) is 0.500. The van der Waals surface area contributed by atoms with E-state index < -0.39 is 0 Å². The number of rotatable bonds is 4. The normalized spacial score (nSPS) is 14.3. The number of hydrogen-bond donors (Lipinski definition) is 1. The Balaban J connectivity index is 1.79. The molecule has 112 valence electrons. The topological polar surface area (TPSA) is 52.0 Å². The van der Waals surface area contributed by atoms with Crippen molar-refractivity contribution in [1.82, 2.24) is 20.1 Å². The molecule has 5 heteroatoms. The Kier molecular flexibility index (Phi) is 3.92. The summed E-state index contributed by atoms with van der Waals surface area (Å²) in [6.07, 6.45) is 0. The predicted octanol–water partition coefficient (Wildman–Crippen LogP) is 2.39. The van der Waals surface area contributed by atoms with Gasteiger partial charge in [-0.2, -0.15) is 0 Å². The van der Waals surface area contributed by atoms with Crippen molar-refractivity contribution in [1.29, 1.82) is 0 Å². The summed E-state index contributed by atoms with van der Waals surface area (Å²) in [7, 11) is 0. The second-order valence-electron chi connectivity index (χ2n) is 5.85. The van der Waals surface area contributed by atoms with Crippen LogP contribution in [0.3, 0.4) is 0 Å². The van der Waals surface area contributed by atoms with Gasteiger partial charge in [0.2, 0.25) is 0 Å². The summed E-state index contributed by atoms with van der Waals surface area (Å²) in [4.78, 5) is 0. The molecule has 0 saturated carbocycles. The standard InChI is InChI=1S/C16H22N4O/c1-11(2)13-5-4-12(3)8-14(13)21-10-16-19-18-15-9-17-6-7-20(15)16/h4-5,8,11,17H,6-7,9-10H2,1-3H3. The minimum absolute atomic E-state index is 0.442. The Morgan fingerprint density at radius 2 is 2.19 bits per heavy atom. The van der Waals surface area contributed by atoms with E-state index in [9.17, 15) is 0 Å². The SMILES string of the molecule is Cc1ccc(C(C)C)c(OCc2nnc3n2CCNC3)c1. The third kappa shape index (κ3) is 2.93. The Morgan fingerprint density at radius 3 is 3.00 bits per heavy atom. The molecule has 1 N–H and O–H groups in total. The van der Waals surface area contributed by atoms with Crippen LogP contribution in [0, 0.1) is 6.92 Å². The minimum atomic E-state index is 0.442. The van der Waals surface area contributed by atoms with Crippen molar-refractivity contribution in [2.75, 3.05) is 6.54 Å². The van der Waals surface area contributed by atoms with Crippen LogP contribution in [0.5, 0.6) is 5.75 Å². The van der Waals surface area contributed by atoms with Gasteiger partial charge in [-0.25, -0.2) is 0 Å². The van der Waals surface area contributed by atoms with Crippen molar-refractivity contribution in [3.8, 4) is 5.75 Å². The quantitative estimate of drug-likeness (QED) is 0.937. The first-order chi connectivity index (χ1) is 10.1. The van der Waals surface area contributed by atoms with E-state index in [0.29, 0.717) is 12.5 Å². The predicted molar refractivity (Wildman–Crippen MR) is 81.3 cm³/mol. The molecule has 0 unspecified atom stereocenters. The molecule has 1 aromatic heterocycles. The highest BCUT2D eigenvalue weighted by Gasteiger charge is 2.16. The fourth-order valence-corrected chi connectivity index (χ4v) is 2.64. The van der Waals surface area contributed by atoms with E-state index >= 15 is 0 Å². The summed E-state index contributed by atoms with van der Waals surface area (Å²) in [6, 6.07) is 6.38. The lowest BCUT2D eigenvalue weighted by molar-refractivity contribution is 0.282. The van der Waals surface area contributed by atoms with Gasteiger partial charge in [0.1, 0.15) is 18.2 Å². The monoisotopic (exact) mass is 286 g/mol. The van der Waals surface area contributed by atoms with Gasteiger partial charge in [-0.15, -0.1) is 10.2 Å². The van der Waals surface area contributed by atoms with E-state index in [2.05, 4.69) is 59.1 Å². The first-order valence-electron chi connectivity index (χ1n) is 7.50. The van der Waals surface area contributed by atoms with E-state index in [1.807, 2.05) is 0 Å². The van der Waals surface area contributed by atoms with Gasteiger partial charge in [0.15, 0.2) is 5.82 Å². The molecular weight excluding hydrogens is 264 g/mol. The van der Waals surface area contributed by atoms with Crippen LogP contribution < -0.4 is 10.1 Å². The van der Waals surface area contributed by atoms with Gasteiger partial charge in [-0.1, -0.05) is 26.0 Å². The molecule has 0 atom stereocenters. The number of aromatic nitrogens is 3. The van der Waals surface area contributed by atoms with Gasteiger partial charge in [-0.3, -0.25) is 0 Å². The molecule has 0 saturated heterocycles. The smallest absolute Gasteiger partial charge is 0.171 e. The molecule has 1 aliphatic heterocycles. The molecule has 1 aromatic carbocycles. The van der Waals surface area contributed by atoms with Crippen LogP contribution in [-0.2, 0) is 19.7 Å². The largest absolute Gasteiger partial charge is 0.485 e. The van der Waals surface area contributed by atoms with E-state index in [0.717, 1.165) is 37.0 Å². The second-order valence-corrected chi connectivity index (χ2v) is 5.85. The van der Waals surface area contributed by atoms with Crippen molar-refractivity contribution in [3.05, 3.63) is 41.0 Å². The summed E-state index contributed by atoms with van der Waals surface area (Å²) in [5.41, 5.74) is 2.45. The first-order valence-corrected chi connectivity index (χ1v) is 7.50. The molecule has 0 bridgehead atoms. The summed E-state index contributed by atoms with van der Waals surface area (Å²) < 4.78 is 8.20. The van der Waals surface area contributed by atoms with Gasteiger partial charge in [0.25, 0.3) is 0 Å². The summed E-state index contributed by atoms with van der Waals surface area (Å²) in [6.45, 7) is 9.57. The molecule has 21 heavy (non-hydrogen) atoms. The lowest BCUT2D eigenvalue weighted by atomic mass is 10.0. The number of ether oxygens (including phenoxy) is 1. The van der Waals surface area contributed by atoms with Crippen LogP contribution in [0.1, 0.15) is 42.5 Å². The summed E-state index contributed by atoms with van der Waals surface area (Å²) >= 11 is 0. The van der Waals surface area contributed by atoms with Crippen molar-refractivity contribution < 1.29 is 4.74 Å². The molecule has 0 spiro atoms. The third-order valence-corrected chi connectivity index (χ3v) is 3.85. The van der Waals surface area contributed by atoms with Crippen LogP contribution in [0.25, 0.3) is 0 Å². The van der Waals surface area contributed by atoms with Crippen molar-refractivity contribution in [2.24, 2.45) is 0 Å². The number of nitrogens with zero attached hydrogens (tertiary/aromatic N) is 3. The van der Waals surface area contributed by atoms with E-state index in [-0.39, 0.29) is 0 Å². The zero-order valence-electron chi connectivity index (χ0n) is 12.9. The van der Waals surface area contributed by atoms with E-state index in [1.54, 1.807) is 0 Å². The lowest BCUT2D eigenvalue weighted by Crippen LogP contribution is -2.29. The first kappa shape index (κ1) is 14.1. The third-order valence-electron chi connectivity index (χ3n) is 3.85. The van der Waals surface area contributed by atoms with Crippen molar-refractivity contribution >= 4 is 0 Å². The number of fused-ring (bicyclic) bond motifs is 1. The number of nitrogens with one attached hydrogen (secondary N) is 1. The van der Waals surface area contributed by atoms with Crippen molar-refractivity contribution in [2.45, 2.75) is 46.4 Å². The van der Waals surface area contributed by atoms with Crippen LogP contribution in [0.15, 0.2) is 18.2 Å². The molecule has 1 aliphatic rings. The molecule has 0 aliphatic carbocycles. The highest BCUT2D eigenvalue weighted by Crippen LogP contribution is 2.28. The molecule has 0 radical (unpaired) electrons. The van der Waals surface area contributed by atoms with Gasteiger partial charge in [0, 0.05) is 13.1 Å². The Labute approximate surface area is 125 Å². The average Bonchev–Trinajstić information content (AvgIpc) is 2.88. The highest BCUT2D eigenvalue weighted by molar-refractivity contribution is 5.39. The number of benzene rings is 1. The molecule has 5 nitrogen and oxygen atoms in total. The maximum Gasteiger partial charge on any atom is 0.171 e. The van der Waals surface area contributed by atoms with Gasteiger partial charge in [-0.05, 0) is 30.0 Å². The summed E-state index contributed by atoms with van der Waals surface area (Å²) in [5, 5.41) is 11.8. The molecule has 2 aromatic rings. The van der Waals surface area contributed by atoms with Crippen LogP contribution >= 0.6 is 0 Å².